The fourth-order valence-electron chi connectivity index (χ4n) is 2.38. The molecule has 1 saturated heterocycles. The lowest BCUT2D eigenvalue weighted by Gasteiger charge is -2.21. The molecule has 0 aromatic carbocycles. The maximum atomic E-state index is 11.4. The Hall–Kier alpha value is -1.66. The second-order valence-electron chi connectivity index (χ2n) is 4.79. The Morgan fingerprint density at radius 2 is 2.26 bits per heavy atom. The van der Waals surface area contributed by atoms with Crippen molar-refractivity contribution >= 4 is 11.7 Å². The number of carbonyl (C=O) groups is 1. The summed E-state index contributed by atoms with van der Waals surface area (Å²) >= 11 is 0. The van der Waals surface area contributed by atoms with E-state index in [2.05, 4.69) is 15.3 Å². The molecule has 6 nitrogen and oxygen atoms in total. The van der Waals surface area contributed by atoms with E-state index in [0.29, 0.717) is 0 Å². The van der Waals surface area contributed by atoms with Crippen molar-refractivity contribution < 1.29 is 4.79 Å². The van der Waals surface area contributed by atoms with Crippen LogP contribution in [0.2, 0.25) is 0 Å². The molecule has 1 aliphatic heterocycles. The molecule has 1 aliphatic rings. The minimum absolute atomic E-state index is 0.160. The molecule has 19 heavy (non-hydrogen) atoms. The maximum Gasteiger partial charge on any atom is 0.219 e. The van der Waals surface area contributed by atoms with Gasteiger partial charge in [0.25, 0.3) is 0 Å². The van der Waals surface area contributed by atoms with E-state index in [4.69, 9.17) is 5.84 Å². The normalized spacial score (nSPS) is 17.1. The topological polar surface area (TPSA) is 74.5 Å². The highest BCUT2D eigenvalue weighted by atomic mass is 16.2. The molecule has 0 spiro atoms. The first kappa shape index (κ1) is 13.8. The lowest BCUT2D eigenvalue weighted by molar-refractivity contribution is -0.128. The van der Waals surface area contributed by atoms with Crippen LogP contribution < -0.4 is 11.3 Å². The molecule has 0 aliphatic carbocycles. The number of hydrazine groups is 1. The van der Waals surface area contributed by atoms with Crippen molar-refractivity contribution in [3.8, 4) is 0 Å². The SMILES string of the molecule is CC(=O)N1CCCN(Cc2cccnc2NN)CC1. The van der Waals surface area contributed by atoms with Gasteiger partial charge in [-0.25, -0.2) is 10.8 Å². The largest absolute Gasteiger partial charge is 0.342 e. The number of pyridine rings is 1. The summed E-state index contributed by atoms with van der Waals surface area (Å²) in [5, 5.41) is 0. The van der Waals surface area contributed by atoms with E-state index in [-0.39, 0.29) is 5.91 Å². The van der Waals surface area contributed by atoms with Gasteiger partial charge in [0, 0.05) is 51.4 Å². The van der Waals surface area contributed by atoms with Gasteiger partial charge in [-0.05, 0) is 12.5 Å². The van der Waals surface area contributed by atoms with Gasteiger partial charge in [-0.1, -0.05) is 6.07 Å². The zero-order chi connectivity index (χ0) is 13.7. The average molecular weight is 263 g/mol. The van der Waals surface area contributed by atoms with Crippen LogP contribution >= 0.6 is 0 Å². The third-order valence-electron chi connectivity index (χ3n) is 3.46. The molecule has 0 saturated carbocycles. The number of nitrogens with one attached hydrogen (secondary N) is 1. The van der Waals surface area contributed by atoms with Gasteiger partial charge in [0.1, 0.15) is 5.82 Å². The molecule has 2 heterocycles. The standard InChI is InChI=1S/C13H21N5O/c1-11(19)18-7-3-6-17(8-9-18)10-12-4-2-5-15-13(12)16-14/h2,4-5H,3,6-10,14H2,1H3,(H,15,16). The predicted octanol–water partition coefficient (Wildman–Crippen LogP) is 0.421. The highest BCUT2D eigenvalue weighted by molar-refractivity contribution is 5.73. The van der Waals surface area contributed by atoms with Crippen LogP contribution in [-0.4, -0.2) is 46.9 Å². The van der Waals surface area contributed by atoms with E-state index in [1.165, 1.54) is 0 Å². The molecule has 0 atom stereocenters. The number of anilines is 1. The number of aromatic nitrogens is 1. The molecule has 0 unspecified atom stereocenters. The number of rotatable bonds is 3. The van der Waals surface area contributed by atoms with Crippen LogP contribution in [0.1, 0.15) is 18.9 Å². The zero-order valence-corrected chi connectivity index (χ0v) is 11.3. The summed E-state index contributed by atoms with van der Waals surface area (Å²) in [6.07, 6.45) is 2.73. The fraction of sp³-hybridized carbons (Fsp3) is 0.538. The summed E-state index contributed by atoms with van der Waals surface area (Å²) in [7, 11) is 0. The molecule has 3 N–H and O–H groups in total. The maximum absolute atomic E-state index is 11.4. The number of nitrogens with zero attached hydrogens (tertiary/aromatic N) is 3. The molecule has 1 fully saturated rings. The van der Waals surface area contributed by atoms with Gasteiger partial charge < -0.3 is 10.3 Å². The third-order valence-corrected chi connectivity index (χ3v) is 3.46. The molecule has 0 bridgehead atoms. The zero-order valence-electron chi connectivity index (χ0n) is 11.3. The quantitative estimate of drug-likeness (QED) is 0.611. The molecule has 104 valence electrons. The summed E-state index contributed by atoms with van der Waals surface area (Å²) in [5.74, 6) is 6.34. The molecule has 1 amide bonds. The van der Waals surface area contributed by atoms with Crippen molar-refractivity contribution in [3.63, 3.8) is 0 Å². The fourth-order valence-corrected chi connectivity index (χ4v) is 2.38. The molecule has 6 heteroatoms. The number of nitrogens with two attached hydrogens (primary N) is 1. The van der Waals surface area contributed by atoms with Gasteiger partial charge in [-0.3, -0.25) is 9.69 Å². The summed E-state index contributed by atoms with van der Waals surface area (Å²) in [6, 6.07) is 3.94. The highest BCUT2D eigenvalue weighted by Crippen LogP contribution is 2.14. The van der Waals surface area contributed by atoms with Gasteiger partial charge in [0.15, 0.2) is 0 Å². The Balaban J connectivity index is 1.98. The van der Waals surface area contributed by atoms with Crippen molar-refractivity contribution in [2.45, 2.75) is 19.9 Å². The van der Waals surface area contributed by atoms with Crippen LogP contribution in [0.15, 0.2) is 18.3 Å². The molecule has 2 rings (SSSR count). The molecule has 1 aromatic heterocycles. The molecule has 0 radical (unpaired) electrons. The second-order valence-corrected chi connectivity index (χ2v) is 4.79. The van der Waals surface area contributed by atoms with E-state index in [1.807, 2.05) is 17.0 Å². The monoisotopic (exact) mass is 263 g/mol. The Bertz CT molecular complexity index is 437. The molecule has 1 aromatic rings. The molecular formula is C13H21N5O. The Morgan fingerprint density at radius 1 is 1.42 bits per heavy atom. The van der Waals surface area contributed by atoms with Crippen LogP contribution in [0.3, 0.4) is 0 Å². The smallest absolute Gasteiger partial charge is 0.219 e. The van der Waals surface area contributed by atoms with Crippen LogP contribution in [0.4, 0.5) is 5.82 Å². The van der Waals surface area contributed by atoms with E-state index in [9.17, 15) is 4.79 Å². The first-order chi connectivity index (χ1) is 9.20. The second kappa shape index (κ2) is 6.49. The van der Waals surface area contributed by atoms with Gasteiger partial charge in [0.05, 0.1) is 0 Å². The van der Waals surface area contributed by atoms with Gasteiger partial charge in [-0.2, -0.15) is 0 Å². The number of nitrogen functional groups attached to an aromatic ring is 1. The van der Waals surface area contributed by atoms with E-state index >= 15 is 0 Å². The summed E-state index contributed by atoms with van der Waals surface area (Å²) in [4.78, 5) is 19.8. The third kappa shape index (κ3) is 3.65. The number of amides is 1. The minimum atomic E-state index is 0.160. The summed E-state index contributed by atoms with van der Waals surface area (Å²) in [5.41, 5.74) is 3.71. The first-order valence-electron chi connectivity index (χ1n) is 6.59. The Labute approximate surface area is 113 Å². The van der Waals surface area contributed by atoms with Crippen molar-refractivity contribution in [1.29, 1.82) is 0 Å². The number of hydrogen-bond acceptors (Lipinski definition) is 5. The van der Waals surface area contributed by atoms with Crippen LogP contribution in [0.25, 0.3) is 0 Å². The van der Waals surface area contributed by atoms with Crippen LogP contribution in [-0.2, 0) is 11.3 Å². The average Bonchev–Trinajstić information content (AvgIpc) is 2.65. The summed E-state index contributed by atoms with van der Waals surface area (Å²) < 4.78 is 0. The van der Waals surface area contributed by atoms with Gasteiger partial charge >= 0.3 is 0 Å². The van der Waals surface area contributed by atoms with Crippen molar-refractivity contribution in [2.24, 2.45) is 5.84 Å². The van der Waals surface area contributed by atoms with E-state index < -0.39 is 0 Å². The predicted molar refractivity (Wildman–Crippen MR) is 74.2 cm³/mol. The number of hydrogen-bond donors (Lipinski definition) is 2. The van der Waals surface area contributed by atoms with Crippen molar-refractivity contribution in [2.75, 3.05) is 31.6 Å². The van der Waals surface area contributed by atoms with Crippen molar-refractivity contribution in [1.82, 2.24) is 14.8 Å². The lowest BCUT2D eigenvalue weighted by Crippen LogP contribution is -2.33. The van der Waals surface area contributed by atoms with E-state index in [1.54, 1.807) is 13.1 Å². The van der Waals surface area contributed by atoms with Gasteiger partial charge in [-0.15, -0.1) is 0 Å². The Morgan fingerprint density at radius 3 is 3.00 bits per heavy atom. The highest BCUT2D eigenvalue weighted by Gasteiger charge is 2.17. The van der Waals surface area contributed by atoms with Crippen molar-refractivity contribution in [3.05, 3.63) is 23.9 Å². The van der Waals surface area contributed by atoms with Crippen LogP contribution in [0, 0.1) is 0 Å². The van der Waals surface area contributed by atoms with E-state index in [0.717, 1.165) is 50.5 Å². The molecular weight excluding hydrogens is 242 g/mol. The van der Waals surface area contributed by atoms with Crippen LogP contribution in [0.5, 0.6) is 0 Å². The summed E-state index contributed by atoms with van der Waals surface area (Å²) in [6.45, 7) is 5.95. The minimum Gasteiger partial charge on any atom is -0.342 e. The number of carbonyl (C=O) groups excluding carboxylic acids is 1. The Kier molecular flexibility index (Phi) is 4.70. The lowest BCUT2D eigenvalue weighted by atomic mass is 10.2. The van der Waals surface area contributed by atoms with Gasteiger partial charge in [0.2, 0.25) is 5.91 Å². The first-order valence-corrected chi connectivity index (χ1v) is 6.59.